The van der Waals surface area contributed by atoms with Crippen molar-refractivity contribution in [2.24, 2.45) is 0 Å². The van der Waals surface area contributed by atoms with Crippen molar-refractivity contribution in [3.8, 4) is 16.9 Å². The second kappa shape index (κ2) is 7.51. The molecule has 3 nitrogen and oxygen atoms in total. The molecule has 0 aliphatic heterocycles. The maximum Gasteiger partial charge on any atom is 0.221 e. The molecule has 0 aromatic heterocycles. The van der Waals surface area contributed by atoms with Gasteiger partial charge in [0.05, 0.1) is 7.11 Å². The zero-order valence-corrected chi connectivity index (χ0v) is 14.7. The first kappa shape index (κ1) is 17.2. The van der Waals surface area contributed by atoms with E-state index >= 15 is 0 Å². The fraction of sp³-hybridized carbons (Fsp3) is 0.182. The normalized spacial score (nSPS) is 11.3. The third-order valence-electron chi connectivity index (χ3n) is 4.42. The molecule has 0 aliphatic rings. The summed E-state index contributed by atoms with van der Waals surface area (Å²) in [4.78, 5) is 0. The molecule has 128 valence electrons. The van der Waals surface area contributed by atoms with Crippen molar-refractivity contribution < 1.29 is 14.2 Å². The van der Waals surface area contributed by atoms with Crippen LogP contribution in [0.2, 0.25) is 0 Å². The molecule has 3 aromatic carbocycles. The van der Waals surface area contributed by atoms with Crippen molar-refractivity contribution in [3.63, 3.8) is 0 Å². The minimum absolute atomic E-state index is 0.849. The summed E-state index contributed by atoms with van der Waals surface area (Å²) in [5.41, 5.74) is 4.16. The molecule has 0 saturated carbocycles. The summed E-state index contributed by atoms with van der Waals surface area (Å²) in [6, 6.07) is 26.2. The maximum absolute atomic E-state index is 5.80. The van der Waals surface area contributed by atoms with Gasteiger partial charge in [-0.3, -0.25) is 0 Å². The van der Waals surface area contributed by atoms with Crippen molar-refractivity contribution in [3.05, 3.63) is 90.0 Å². The van der Waals surface area contributed by atoms with Crippen molar-refractivity contribution in [2.75, 3.05) is 21.3 Å². The van der Waals surface area contributed by atoms with Gasteiger partial charge in [-0.25, -0.2) is 0 Å². The Morgan fingerprint density at radius 3 is 1.52 bits per heavy atom. The van der Waals surface area contributed by atoms with Crippen LogP contribution in [0.4, 0.5) is 0 Å². The van der Waals surface area contributed by atoms with Gasteiger partial charge in [-0.05, 0) is 23.3 Å². The van der Waals surface area contributed by atoms with Crippen LogP contribution in [0, 0.1) is 0 Å². The first-order valence-corrected chi connectivity index (χ1v) is 8.14. The molecule has 0 spiro atoms. The Hall–Kier alpha value is -2.62. The van der Waals surface area contributed by atoms with Crippen LogP contribution < -0.4 is 4.74 Å². The molecule has 3 rings (SSSR count). The smallest absolute Gasteiger partial charge is 0.221 e. The van der Waals surface area contributed by atoms with Crippen LogP contribution in [0.5, 0.6) is 5.75 Å². The summed E-state index contributed by atoms with van der Waals surface area (Å²) in [6.07, 6.45) is 0. The molecule has 0 fully saturated rings. The Morgan fingerprint density at radius 1 is 0.560 bits per heavy atom. The number of benzene rings is 3. The van der Waals surface area contributed by atoms with Gasteiger partial charge in [-0.15, -0.1) is 0 Å². The van der Waals surface area contributed by atoms with Gasteiger partial charge in [-0.1, -0.05) is 66.7 Å². The molecule has 0 saturated heterocycles. The molecule has 0 N–H and O–H groups in total. The molecule has 25 heavy (non-hydrogen) atoms. The van der Waals surface area contributed by atoms with Crippen molar-refractivity contribution >= 4 is 0 Å². The van der Waals surface area contributed by atoms with Crippen LogP contribution in [-0.2, 0) is 15.3 Å². The van der Waals surface area contributed by atoms with E-state index in [1.54, 1.807) is 21.3 Å². The highest BCUT2D eigenvalue weighted by atomic mass is 16.7. The van der Waals surface area contributed by atoms with E-state index in [4.69, 9.17) is 14.2 Å². The van der Waals surface area contributed by atoms with Crippen molar-refractivity contribution in [1.29, 1.82) is 0 Å². The quantitative estimate of drug-likeness (QED) is 0.603. The summed E-state index contributed by atoms with van der Waals surface area (Å²) < 4.78 is 16.8. The lowest BCUT2D eigenvalue weighted by Gasteiger charge is -2.32. The van der Waals surface area contributed by atoms with E-state index < -0.39 is 5.79 Å². The lowest BCUT2D eigenvalue weighted by molar-refractivity contribution is -0.183. The van der Waals surface area contributed by atoms with Crippen LogP contribution in [0.3, 0.4) is 0 Å². The minimum Gasteiger partial charge on any atom is -0.497 e. The maximum atomic E-state index is 5.80. The monoisotopic (exact) mass is 334 g/mol. The third kappa shape index (κ3) is 3.29. The first-order valence-electron chi connectivity index (χ1n) is 8.14. The average Bonchev–Trinajstić information content (AvgIpc) is 2.71. The van der Waals surface area contributed by atoms with E-state index in [1.165, 1.54) is 0 Å². The fourth-order valence-corrected chi connectivity index (χ4v) is 3.04. The summed E-state index contributed by atoms with van der Waals surface area (Å²) in [5, 5.41) is 0. The second-order valence-electron chi connectivity index (χ2n) is 5.70. The summed E-state index contributed by atoms with van der Waals surface area (Å²) in [7, 11) is 4.99. The van der Waals surface area contributed by atoms with E-state index in [9.17, 15) is 0 Å². The molecule has 0 heterocycles. The largest absolute Gasteiger partial charge is 0.497 e. The predicted octanol–water partition coefficient (Wildman–Crippen LogP) is 4.86. The SMILES string of the molecule is COc1ccc(-c2ccc(C(OC)(OC)c3ccccc3)cc2)cc1. The number of ether oxygens (including phenoxy) is 3. The number of methoxy groups -OCH3 is 3. The minimum atomic E-state index is -0.917. The topological polar surface area (TPSA) is 27.7 Å². The molecule has 0 aliphatic carbocycles. The zero-order valence-electron chi connectivity index (χ0n) is 14.7. The van der Waals surface area contributed by atoms with Crippen LogP contribution in [-0.4, -0.2) is 21.3 Å². The van der Waals surface area contributed by atoms with Crippen molar-refractivity contribution in [1.82, 2.24) is 0 Å². The van der Waals surface area contributed by atoms with Gasteiger partial charge in [0.1, 0.15) is 5.75 Å². The van der Waals surface area contributed by atoms with Gasteiger partial charge in [0.15, 0.2) is 0 Å². The first-order chi connectivity index (χ1) is 12.2. The Labute approximate surface area is 148 Å². The van der Waals surface area contributed by atoms with Crippen LogP contribution in [0.15, 0.2) is 78.9 Å². The number of hydrogen-bond acceptors (Lipinski definition) is 3. The predicted molar refractivity (Wildman–Crippen MR) is 99.7 cm³/mol. The van der Waals surface area contributed by atoms with Crippen molar-refractivity contribution in [2.45, 2.75) is 5.79 Å². The van der Waals surface area contributed by atoms with E-state index in [0.717, 1.165) is 28.0 Å². The molecule has 0 atom stereocenters. The zero-order chi connectivity index (χ0) is 17.7. The van der Waals surface area contributed by atoms with Gasteiger partial charge in [0.25, 0.3) is 0 Å². The highest BCUT2D eigenvalue weighted by Gasteiger charge is 2.34. The van der Waals surface area contributed by atoms with Gasteiger partial charge in [0, 0.05) is 25.3 Å². The van der Waals surface area contributed by atoms with E-state index in [1.807, 2.05) is 66.7 Å². The molecular weight excluding hydrogens is 312 g/mol. The summed E-state index contributed by atoms with van der Waals surface area (Å²) >= 11 is 0. The molecular formula is C22H22O3. The molecule has 3 aromatic rings. The van der Waals surface area contributed by atoms with Gasteiger partial charge in [-0.2, -0.15) is 0 Å². The Morgan fingerprint density at radius 2 is 1.04 bits per heavy atom. The molecule has 0 radical (unpaired) electrons. The lowest BCUT2D eigenvalue weighted by Crippen LogP contribution is -2.32. The Kier molecular flexibility index (Phi) is 5.17. The fourth-order valence-electron chi connectivity index (χ4n) is 3.04. The average molecular weight is 334 g/mol. The van der Waals surface area contributed by atoms with Gasteiger partial charge < -0.3 is 14.2 Å². The number of rotatable bonds is 6. The molecule has 0 bridgehead atoms. The molecule has 0 amide bonds. The van der Waals surface area contributed by atoms with Gasteiger partial charge >= 0.3 is 0 Å². The van der Waals surface area contributed by atoms with Crippen LogP contribution >= 0.6 is 0 Å². The number of hydrogen-bond donors (Lipinski definition) is 0. The second-order valence-corrected chi connectivity index (χ2v) is 5.70. The summed E-state index contributed by atoms with van der Waals surface area (Å²) in [6.45, 7) is 0. The third-order valence-corrected chi connectivity index (χ3v) is 4.42. The van der Waals surface area contributed by atoms with E-state index in [-0.39, 0.29) is 0 Å². The Balaban J connectivity index is 1.96. The summed E-state index contributed by atoms with van der Waals surface area (Å²) in [5.74, 6) is -0.0677. The highest BCUT2D eigenvalue weighted by molar-refractivity contribution is 5.64. The highest BCUT2D eigenvalue weighted by Crippen LogP contribution is 2.35. The van der Waals surface area contributed by atoms with E-state index in [0.29, 0.717) is 0 Å². The van der Waals surface area contributed by atoms with Crippen LogP contribution in [0.25, 0.3) is 11.1 Å². The molecule has 0 unspecified atom stereocenters. The van der Waals surface area contributed by atoms with Crippen LogP contribution in [0.1, 0.15) is 11.1 Å². The standard InChI is InChI=1S/C22H22O3/c1-23-21-15-11-18(12-16-21)17-9-13-20(14-10-17)22(24-2,25-3)19-7-5-4-6-8-19/h4-16H,1-3H3. The van der Waals surface area contributed by atoms with Gasteiger partial charge in [0.2, 0.25) is 5.79 Å². The Bertz CT molecular complexity index is 789. The molecule has 3 heteroatoms. The van der Waals surface area contributed by atoms with E-state index in [2.05, 4.69) is 12.1 Å². The lowest BCUT2D eigenvalue weighted by atomic mass is 9.95.